The summed E-state index contributed by atoms with van der Waals surface area (Å²) in [7, 11) is 0. The molecule has 0 aliphatic rings. The fourth-order valence-electron chi connectivity index (χ4n) is 3.15. The minimum Gasteiger partial charge on any atom is -0.371 e. The van der Waals surface area contributed by atoms with Gasteiger partial charge < -0.3 is 5.11 Å². The molecule has 1 atom stereocenters. The molecule has 0 saturated heterocycles. The minimum atomic E-state index is -4.56. The Bertz CT molecular complexity index is 1090. The van der Waals surface area contributed by atoms with E-state index in [4.69, 9.17) is 28.5 Å². The van der Waals surface area contributed by atoms with Crippen LogP contribution in [0.1, 0.15) is 16.7 Å². The first-order valence-corrected chi connectivity index (χ1v) is 9.80. The van der Waals surface area contributed by atoms with E-state index in [0.717, 1.165) is 0 Å². The summed E-state index contributed by atoms with van der Waals surface area (Å²) in [5.74, 6) is 0. The van der Waals surface area contributed by atoms with Crippen LogP contribution in [0.15, 0.2) is 60.8 Å². The Hall–Kier alpha value is -2.63. The Labute approximate surface area is 186 Å². The van der Waals surface area contributed by atoms with Crippen molar-refractivity contribution in [1.29, 1.82) is 5.26 Å². The van der Waals surface area contributed by atoms with Crippen LogP contribution in [-0.4, -0.2) is 22.8 Å². The number of halogens is 5. The smallest absolute Gasteiger partial charge is 0.371 e. The van der Waals surface area contributed by atoms with Crippen molar-refractivity contribution in [1.82, 2.24) is 10.3 Å². The van der Waals surface area contributed by atoms with Crippen molar-refractivity contribution in [3.05, 3.63) is 87.5 Å². The number of pyridine rings is 1. The number of hydrogen-bond acceptors (Lipinski definition) is 4. The highest BCUT2D eigenvalue weighted by Gasteiger charge is 2.37. The summed E-state index contributed by atoms with van der Waals surface area (Å²) in [6.45, 7) is -1.43. The number of nitrogens with zero attached hydrogens (tertiary/aromatic N) is 2. The molecule has 0 amide bonds. The standard InChI is InChI=1S/C22H16Cl2F3N3O/c23-17-8-16(9-18(24)10-17)20-19(2-1-7-29-20)21(31,30-13-22(25,26)27)11-14-3-5-15(12-28)6-4-14/h1-10,30-31H,11,13H2. The van der Waals surface area contributed by atoms with Gasteiger partial charge in [0, 0.05) is 33.8 Å². The Balaban J connectivity index is 2.09. The summed E-state index contributed by atoms with van der Waals surface area (Å²) >= 11 is 12.2. The van der Waals surface area contributed by atoms with Crippen molar-refractivity contribution < 1.29 is 18.3 Å². The van der Waals surface area contributed by atoms with Crippen LogP contribution in [0.4, 0.5) is 13.2 Å². The van der Waals surface area contributed by atoms with Gasteiger partial charge in [-0.15, -0.1) is 0 Å². The lowest BCUT2D eigenvalue weighted by Gasteiger charge is -2.32. The molecule has 31 heavy (non-hydrogen) atoms. The first-order valence-electron chi connectivity index (χ1n) is 9.05. The van der Waals surface area contributed by atoms with Crippen LogP contribution >= 0.6 is 23.2 Å². The average Bonchev–Trinajstić information content (AvgIpc) is 2.72. The van der Waals surface area contributed by atoms with Crippen LogP contribution < -0.4 is 5.32 Å². The maximum absolute atomic E-state index is 13.0. The van der Waals surface area contributed by atoms with Crippen molar-refractivity contribution in [2.24, 2.45) is 0 Å². The first kappa shape index (κ1) is 23.0. The highest BCUT2D eigenvalue weighted by atomic mass is 35.5. The monoisotopic (exact) mass is 465 g/mol. The van der Waals surface area contributed by atoms with Gasteiger partial charge in [-0.25, -0.2) is 0 Å². The van der Waals surface area contributed by atoms with Crippen LogP contribution in [-0.2, 0) is 12.1 Å². The third kappa shape index (κ3) is 5.96. The summed E-state index contributed by atoms with van der Waals surface area (Å²) in [6, 6.07) is 15.8. The fourth-order valence-corrected chi connectivity index (χ4v) is 3.68. The molecule has 4 nitrogen and oxygen atoms in total. The predicted molar refractivity (Wildman–Crippen MR) is 113 cm³/mol. The molecule has 9 heteroatoms. The highest BCUT2D eigenvalue weighted by molar-refractivity contribution is 6.35. The zero-order valence-electron chi connectivity index (χ0n) is 15.9. The number of aromatic nitrogens is 1. The zero-order valence-corrected chi connectivity index (χ0v) is 17.4. The number of benzene rings is 2. The molecule has 1 unspecified atom stereocenters. The first-order chi connectivity index (χ1) is 14.6. The zero-order chi connectivity index (χ0) is 22.6. The molecule has 0 radical (unpaired) electrons. The average molecular weight is 466 g/mol. The van der Waals surface area contributed by atoms with E-state index in [1.54, 1.807) is 24.3 Å². The van der Waals surface area contributed by atoms with E-state index in [1.807, 2.05) is 6.07 Å². The van der Waals surface area contributed by atoms with E-state index >= 15 is 0 Å². The molecular formula is C22H16Cl2F3N3O. The molecule has 0 aliphatic heterocycles. The van der Waals surface area contributed by atoms with Gasteiger partial charge in [0.25, 0.3) is 0 Å². The van der Waals surface area contributed by atoms with E-state index < -0.39 is 18.4 Å². The molecule has 1 heterocycles. The molecule has 0 fully saturated rings. The van der Waals surface area contributed by atoms with Crippen LogP contribution in [0, 0.1) is 11.3 Å². The number of nitriles is 1. The van der Waals surface area contributed by atoms with E-state index in [1.165, 1.54) is 36.5 Å². The van der Waals surface area contributed by atoms with E-state index in [0.29, 0.717) is 26.7 Å². The number of alkyl halides is 3. The van der Waals surface area contributed by atoms with Crippen LogP contribution in [0.5, 0.6) is 0 Å². The van der Waals surface area contributed by atoms with Crippen LogP contribution in [0.2, 0.25) is 10.0 Å². The van der Waals surface area contributed by atoms with Gasteiger partial charge in [0.2, 0.25) is 0 Å². The summed E-state index contributed by atoms with van der Waals surface area (Å²) in [6.07, 6.45) is -3.30. The quantitative estimate of drug-likeness (QED) is 0.473. The lowest BCUT2D eigenvalue weighted by molar-refractivity contribution is -0.142. The van der Waals surface area contributed by atoms with Crippen molar-refractivity contribution in [3.8, 4) is 17.3 Å². The molecule has 2 aromatic carbocycles. The molecular weight excluding hydrogens is 450 g/mol. The number of rotatable bonds is 6. The lowest BCUT2D eigenvalue weighted by Crippen LogP contribution is -2.48. The fraction of sp³-hybridized carbons (Fsp3) is 0.182. The number of nitrogens with one attached hydrogen (secondary N) is 1. The molecule has 0 bridgehead atoms. The second kappa shape index (κ2) is 9.25. The Kier molecular flexibility index (Phi) is 6.87. The van der Waals surface area contributed by atoms with Gasteiger partial charge in [0.05, 0.1) is 23.9 Å². The molecule has 0 aliphatic carbocycles. The van der Waals surface area contributed by atoms with Gasteiger partial charge in [-0.3, -0.25) is 10.3 Å². The summed E-state index contributed by atoms with van der Waals surface area (Å²) in [5, 5.41) is 23.2. The Morgan fingerprint density at radius 3 is 2.26 bits per heavy atom. The summed E-state index contributed by atoms with van der Waals surface area (Å²) < 4.78 is 39.0. The molecule has 2 N–H and O–H groups in total. The van der Waals surface area contributed by atoms with Gasteiger partial charge in [0.15, 0.2) is 0 Å². The molecule has 3 aromatic rings. The summed E-state index contributed by atoms with van der Waals surface area (Å²) in [5.41, 5.74) is -0.400. The van der Waals surface area contributed by atoms with Crippen LogP contribution in [0.3, 0.4) is 0 Å². The van der Waals surface area contributed by atoms with Gasteiger partial charge in [0.1, 0.15) is 5.72 Å². The topological polar surface area (TPSA) is 68.9 Å². The van der Waals surface area contributed by atoms with Gasteiger partial charge >= 0.3 is 6.18 Å². The van der Waals surface area contributed by atoms with Gasteiger partial charge in [-0.05, 0) is 42.0 Å². The second-order valence-electron chi connectivity index (χ2n) is 6.87. The molecule has 0 saturated carbocycles. The predicted octanol–water partition coefficient (Wildman–Crippen LogP) is 5.47. The van der Waals surface area contributed by atoms with Crippen molar-refractivity contribution in [3.63, 3.8) is 0 Å². The molecule has 1 aromatic heterocycles. The number of hydrogen-bond donors (Lipinski definition) is 2. The highest BCUT2D eigenvalue weighted by Crippen LogP contribution is 2.34. The van der Waals surface area contributed by atoms with Crippen molar-refractivity contribution in [2.75, 3.05) is 6.54 Å². The maximum atomic E-state index is 13.0. The largest absolute Gasteiger partial charge is 0.401 e. The van der Waals surface area contributed by atoms with Crippen LogP contribution in [0.25, 0.3) is 11.3 Å². The third-order valence-electron chi connectivity index (χ3n) is 4.51. The number of aliphatic hydroxyl groups is 1. The normalized spacial score (nSPS) is 13.5. The van der Waals surface area contributed by atoms with E-state index in [2.05, 4.69) is 10.3 Å². The molecule has 0 spiro atoms. The van der Waals surface area contributed by atoms with Gasteiger partial charge in [-0.1, -0.05) is 41.4 Å². The van der Waals surface area contributed by atoms with Crippen molar-refractivity contribution in [2.45, 2.75) is 18.3 Å². The Morgan fingerprint density at radius 1 is 1.03 bits per heavy atom. The van der Waals surface area contributed by atoms with E-state index in [9.17, 15) is 18.3 Å². The lowest BCUT2D eigenvalue weighted by atomic mass is 9.91. The Morgan fingerprint density at radius 2 is 1.68 bits per heavy atom. The third-order valence-corrected chi connectivity index (χ3v) is 4.95. The summed E-state index contributed by atoms with van der Waals surface area (Å²) in [4.78, 5) is 4.27. The SMILES string of the molecule is N#Cc1ccc(CC(O)(NCC(F)(F)F)c2cccnc2-c2cc(Cl)cc(Cl)c2)cc1. The van der Waals surface area contributed by atoms with E-state index in [-0.39, 0.29) is 17.7 Å². The van der Waals surface area contributed by atoms with Crippen molar-refractivity contribution >= 4 is 23.2 Å². The minimum absolute atomic E-state index is 0.127. The second-order valence-corrected chi connectivity index (χ2v) is 7.75. The maximum Gasteiger partial charge on any atom is 0.401 e. The molecule has 160 valence electrons. The molecule has 3 rings (SSSR count). The van der Waals surface area contributed by atoms with Gasteiger partial charge in [-0.2, -0.15) is 18.4 Å².